The second-order valence-corrected chi connectivity index (χ2v) is 5.05. The minimum Gasteiger partial charge on any atom is -0.369 e. The number of benzene rings is 1. The number of hydrogen-bond donors (Lipinski definition) is 3. The largest absolute Gasteiger partial charge is 0.369 e. The fourth-order valence-corrected chi connectivity index (χ4v) is 2.09. The summed E-state index contributed by atoms with van der Waals surface area (Å²) in [5, 5.41) is 2.52. The van der Waals surface area contributed by atoms with Crippen molar-refractivity contribution in [3.63, 3.8) is 0 Å². The van der Waals surface area contributed by atoms with Crippen LogP contribution in [0, 0.1) is 11.7 Å². The SMILES string of the molecule is NC(=O)[C@H](CNC(=O)c1ccc[nH]c1=O)Cc1ccc(F)cc1. The molecule has 0 unspecified atom stereocenters. The molecule has 0 aliphatic heterocycles. The first-order chi connectivity index (χ1) is 11.0. The quantitative estimate of drug-likeness (QED) is 0.726. The zero-order valence-electron chi connectivity index (χ0n) is 12.2. The average molecular weight is 317 g/mol. The molecule has 6 nitrogen and oxygen atoms in total. The molecule has 1 aromatic carbocycles. The van der Waals surface area contributed by atoms with Gasteiger partial charge >= 0.3 is 0 Å². The van der Waals surface area contributed by atoms with Gasteiger partial charge in [-0.1, -0.05) is 12.1 Å². The van der Waals surface area contributed by atoms with Crippen LogP contribution >= 0.6 is 0 Å². The highest BCUT2D eigenvalue weighted by Gasteiger charge is 2.18. The van der Waals surface area contributed by atoms with Crippen molar-refractivity contribution in [3.8, 4) is 0 Å². The van der Waals surface area contributed by atoms with Crippen LogP contribution in [-0.4, -0.2) is 23.3 Å². The molecule has 2 aromatic rings. The number of halogens is 1. The molecule has 0 radical (unpaired) electrons. The van der Waals surface area contributed by atoms with Gasteiger partial charge in [0.15, 0.2) is 0 Å². The van der Waals surface area contributed by atoms with Gasteiger partial charge in [-0.3, -0.25) is 14.4 Å². The van der Waals surface area contributed by atoms with Crippen LogP contribution < -0.4 is 16.6 Å². The van der Waals surface area contributed by atoms with Gasteiger partial charge in [-0.2, -0.15) is 0 Å². The van der Waals surface area contributed by atoms with E-state index in [1.54, 1.807) is 12.1 Å². The van der Waals surface area contributed by atoms with Gasteiger partial charge in [0, 0.05) is 12.7 Å². The van der Waals surface area contributed by atoms with Crippen LogP contribution in [0.4, 0.5) is 4.39 Å². The fourth-order valence-electron chi connectivity index (χ4n) is 2.09. The number of aromatic amines is 1. The third-order valence-electron chi connectivity index (χ3n) is 3.37. The number of aromatic nitrogens is 1. The van der Waals surface area contributed by atoms with Crippen LogP contribution in [-0.2, 0) is 11.2 Å². The molecule has 120 valence electrons. The summed E-state index contributed by atoms with van der Waals surface area (Å²) < 4.78 is 12.9. The van der Waals surface area contributed by atoms with Crippen molar-refractivity contribution in [2.75, 3.05) is 6.54 Å². The Balaban J connectivity index is 2.01. The van der Waals surface area contributed by atoms with Crippen molar-refractivity contribution in [3.05, 3.63) is 69.9 Å². The molecule has 0 bridgehead atoms. The molecule has 0 aliphatic rings. The van der Waals surface area contributed by atoms with Crippen molar-refractivity contribution in [1.29, 1.82) is 0 Å². The number of nitrogens with one attached hydrogen (secondary N) is 2. The first kappa shape index (κ1) is 16.4. The minimum absolute atomic E-state index is 0.0140. The van der Waals surface area contributed by atoms with Crippen molar-refractivity contribution < 1.29 is 14.0 Å². The Morgan fingerprint density at radius 2 is 1.91 bits per heavy atom. The number of H-pyrrole nitrogens is 1. The predicted molar refractivity (Wildman–Crippen MR) is 82.2 cm³/mol. The monoisotopic (exact) mass is 317 g/mol. The lowest BCUT2D eigenvalue weighted by Gasteiger charge is -2.14. The van der Waals surface area contributed by atoms with Gasteiger partial charge in [0.2, 0.25) is 5.91 Å². The standard InChI is InChI=1S/C16H16FN3O3/c17-12-5-3-10(4-6-12)8-11(14(18)21)9-20-16(23)13-2-1-7-19-15(13)22/h1-7,11H,8-9H2,(H2,18,21)(H,19,22)(H,20,23)/t11-/m0/s1. The van der Waals surface area contributed by atoms with Crippen LogP contribution in [0.2, 0.25) is 0 Å². The number of primary amides is 1. The van der Waals surface area contributed by atoms with Gasteiger partial charge in [-0.15, -0.1) is 0 Å². The third-order valence-corrected chi connectivity index (χ3v) is 3.37. The van der Waals surface area contributed by atoms with E-state index in [9.17, 15) is 18.8 Å². The maximum atomic E-state index is 12.9. The van der Waals surface area contributed by atoms with Gasteiger partial charge in [-0.25, -0.2) is 4.39 Å². The van der Waals surface area contributed by atoms with Crippen LogP contribution in [0.1, 0.15) is 15.9 Å². The van der Waals surface area contributed by atoms with Gasteiger partial charge < -0.3 is 16.0 Å². The molecule has 0 aliphatic carbocycles. The number of pyridine rings is 1. The van der Waals surface area contributed by atoms with Gasteiger partial charge in [0.1, 0.15) is 11.4 Å². The third kappa shape index (κ3) is 4.50. The highest BCUT2D eigenvalue weighted by atomic mass is 19.1. The van der Waals surface area contributed by atoms with E-state index in [1.807, 2.05) is 0 Å². The summed E-state index contributed by atoms with van der Waals surface area (Å²) in [4.78, 5) is 37.4. The first-order valence-electron chi connectivity index (χ1n) is 6.97. The van der Waals surface area contributed by atoms with Gasteiger partial charge in [-0.05, 0) is 36.2 Å². The Hall–Kier alpha value is -2.96. The normalized spacial score (nSPS) is 11.7. The number of nitrogens with two attached hydrogens (primary N) is 1. The Labute approximate surface area is 131 Å². The van der Waals surface area contributed by atoms with E-state index in [1.165, 1.54) is 30.5 Å². The molecule has 0 saturated carbocycles. The smallest absolute Gasteiger partial charge is 0.260 e. The molecule has 7 heteroatoms. The molecule has 1 atom stereocenters. The molecule has 2 rings (SSSR count). The van der Waals surface area contributed by atoms with Crippen LogP contribution in [0.15, 0.2) is 47.4 Å². The predicted octanol–water partition coefficient (Wildman–Crippen LogP) is 0.588. The lowest BCUT2D eigenvalue weighted by molar-refractivity contribution is -0.121. The lowest BCUT2D eigenvalue weighted by atomic mass is 9.98. The molecule has 1 aromatic heterocycles. The topological polar surface area (TPSA) is 105 Å². The summed E-state index contributed by atoms with van der Waals surface area (Å²) in [7, 11) is 0. The molecule has 4 N–H and O–H groups in total. The molecule has 23 heavy (non-hydrogen) atoms. The molecule has 0 spiro atoms. The number of amides is 2. The summed E-state index contributed by atoms with van der Waals surface area (Å²) in [6.07, 6.45) is 1.68. The van der Waals surface area contributed by atoms with E-state index >= 15 is 0 Å². The van der Waals surface area contributed by atoms with Gasteiger partial charge in [0.05, 0.1) is 5.92 Å². The van der Waals surface area contributed by atoms with E-state index in [-0.39, 0.29) is 24.3 Å². The molecule has 0 fully saturated rings. The molecular formula is C16H16FN3O3. The van der Waals surface area contributed by atoms with Crippen molar-refractivity contribution >= 4 is 11.8 Å². The maximum absolute atomic E-state index is 12.9. The Morgan fingerprint density at radius 3 is 2.52 bits per heavy atom. The first-order valence-corrected chi connectivity index (χ1v) is 6.97. The Morgan fingerprint density at radius 1 is 1.22 bits per heavy atom. The van der Waals surface area contributed by atoms with E-state index in [2.05, 4.69) is 10.3 Å². The number of hydrogen-bond acceptors (Lipinski definition) is 3. The highest BCUT2D eigenvalue weighted by Crippen LogP contribution is 2.09. The second-order valence-electron chi connectivity index (χ2n) is 5.05. The maximum Gasteiger partial charge on any atom is 0.260 e. The van der Waals surface area contributed by atoms with E-state index in [4.69, 9.17) is 5.73 Å². The van der Waals surface area contributed by atoms with Crippen LogP contribution in [0.25, 0.3) is 0 Å². The molecular weight excluding hydrogens is 301 g/mol. The fraction of sp³-hybridized carbons (Fsp3) is 0.188. The van der Waals surface area contributed by atoms with E-state index < -0.39 is 23.3 Å². The van der Waals surface area contributed by atoms with Crippen molar-refractivity contribution in [2.45, 2.75) is 6.42 Å². The van der Waals surface area contributed by atoms with Crippen molar-refractivity contribution in [1.82, 2.24) is 10.3 Å². The van der Waals surface area contributed by atoms with E-state index in [0.29, 0.717) is 0 Å². The summed E-state index contributed by atoms with van der Waals surface area (Å²) in [5.74, 6) is -2.21. The van der Waals surface area contributed by atoms with Crippen molar-refractivity contribution in [2.24, 2.45) is 11.7 Å². The Kier molecular flexibility index (Phi) is 5.24. The molecule has 1 heterocycles. The number of carbonyl (C=O) groups excluding carboxylic acids is 2. The van der Waals surface area contributed by atoms with Crippen LogP contribution in [0.5, 0.6) is 0 Å². The molecule has 2 amide bonds. The average Bonchev–Trinajstić information content (AvgIpc) is 2.53. The highest BCUT2D eigenvalue weighted by molar-refractivity contribution is 5.94. The second kappa shape index (κ2) is 7.35. The Bertz CT molecular complexity index is 756. The zero-order valence-corrected chi connectivity index (χ0v) is 12.2. The summed E-state index contributed by atoms with van der Waals surface area (Å²) >= 11 is 0. The molecule has 0 saturated heterocycles. The summed E-state index contributed by atoms with van der Waals surface area (Å²) in [6.45, 7) is -0.0140. The minimum atomic E-state index is -0.660. The number of carbonyl (C=O) groups is 2. The number of rotatable bonds is 6. The zero-order chi connectivity index (χ0) is 16.8. The van der Waals surface area contributed by atoms with E-state index in [0.717, 1.165) is 5.56 Å². The van der Waals surface area contributed by atoms with Gasteiger partial charge in [0.25, 0.3) is 11.5 Å². The summed E-state index contributed by atoms with van der Waals surface area (Å²) in [6, 6.07) is 8.59. The lowest BCUT2D eigenvalue weighted by Crippen LogP contribution is -2.38. The van der Waals surface area contributed by atoms with Crippen LogP contribution in [0.3, 0.4) is 0 Å². The summed E-state index contributed by atoms with van der Waals surface area (Å²) in [5.41, 5.74) is 5.50.